The molecule has 1 aliphatic rings. The quantitative estimate of drug-likeness (QED) is 0.749. The van der Waals surface area contributed by atoms with Gasteiger partial charge >= 0.3 is 0 Å². The second-order valence-electron chi connectivity index (χ2n) is 3.12. The highest BCUT2D eigenvalue weighted by atomic mass is 35.5. The Balaban J connectivity index is 0.000000461. The number of hydrogen-bond donors (Lipinski definition) is 0. The molecule has 1 saturated carbocycles. The van der Waals surface area contributed by atoms with Crippen LogP contribution in [0.3, 0.4) is 0 Å². The van der Waals surface area contributed by atoms with E-state index < -0.39 is 0 Å². The minimum atomic E-state index is 0.359. The maximum absolute atomic E-state index is 5.91. The summed E-state index contributed by atoms with van der Waals surface area (Å²) in [6.45, 7) is 5.96. The summed E-state index contributed by atoms with van der Waals surface area (Å²) < 4.78 is 5.47. The molecule has 0 radical (unpaired) electrons. The number of nitrogens with zero attached hydrogens (tertiary/aromatic N) is 1. The number of rotatable bonds is 2. The summed E-state index contributed by atoms with van der Waals surface area (Å²) in [7, 11) is 0. The number of aromatic nitrogens is 1. The summed E-state index contributed by atoms with van der Waals surface area (Å²) in [5.41, 5.74) is 1.06. The summed E-state index contributed by atoms with van der Waals surface area (Å²) in [6, 6.07) is 1.87. The van der Waals surface area contributed by atoms with Gasteiger partial charge in [0.15, 0.2) is 0 Å². The van der Waals surface area contributed by atoms with Gasteiger partial charge in [-0.15, -0.1) is 0 Å². The lowest BCUT2D eigenvalue weighted by Crippen LogP contribution is -1.98. The maximum atomic E-state index is 5.91. The molecule has 1 aromatic rings. The fourth-order valence-corrected chi connectivity index (χ4v) is 1.22. The van der Waals surface area contributed by atoms with Crippen molar-refractivity contribution in [3.05, 3.63) is 22.8 Å². The van der Waals surface area contributed by atoms with Crippen molar-refractivity contribution < 1.29 is 4.74 Å². The number of pyridine rings is 1. The molecule has 78 valence electrons. The molecule has 0 N–H and O–H groups in total. The third kappa shape index (κ3) is 3.18. The van der Waals surface area contributed by atoms with Crippen LogP contribution in [0.15, 0.2) is 12.3 Å². The molecule has 0 aromatic carbocycles. The number of aryl methyl sites for hydroxylation is 1. The molecule has 0 amide bonds. The average Bonchev–Trinajstić information content (AvgIpc) is 2.97. The van der Waals surface area contributed by atoms with E-state index in [4.69, 9.17) is 16.3 Å². The Hall–Kier alpha value is -0.760. The summed E-state index contributed by atoms with van der Waals surface area (Å²) in [6.07, 6.45) is 4.39. The van der Waals surface area contributed by atoms with E-state index in [1.54, 1.807) is 6.20 Å². The van der Waals surface area contributed by atoms with Crippen molar-refractivity contribution >= 4 is 11.6 Å². The highest BCUT2D eigenvalue weighted by Gasteiger charge is 2.24. The predicted molar refractivity (Wildman–Crippen MR) is 59.0 cm³/mol. The van der Waals surface area contributed by atoms with Crippen molar-refractivity contribution in [2.24, 2.45) is 0 Å². The van der Waals surface area contributed by atoms with Gasteiger partial charge in [0.1, 0.15) is 11.1 Å². The van der Waals surface area contributed by atoms with Crippen LogP contribution < -0.4 is 4.74 Å². The Kier molecular flexibility index (Phi) is 4.21. The van der Waals surface area contributed by atoms with Crippen molar-refractivity contribution in [2.75, 3.05) is 0 Å². The zero-order valence-corrected chi connectivity index (χ0v) is 9.64. The van der Waals surface area contributed by atoms with E-state index in [1.807, 2.05) is 26.8 Å². The molecule has 0 saturated heterocycles. The Morgan fingerprint density at radius 3 is 2.57 bits per heavy atom. The van der Waals surface area contributed by atoms with Gasteiger partial charge in [0.2, 0.25) is 5.88 Å². The normalized spacial score (nSPS) is 14.3. The van der Waals surface area contributed by atoms with Crippen LogP contribution in [-0.4, -0.2) is 11.1 Å². The van der Waals surface area contributed by atoms with Crippen LogP contribution in [0.1, 0.15) is 32.3 Å². The molecule has 0 spiro atoms. The van der Waals surface area contributed by atoms with Crippen LogP contribution >= 0.6 is 11.6 Å². The lowest BCUT2D eigenvalue weighted by atomic mass is 10.3. The number of halogens is 1. The third-order valence-electron chi connectivity index (χ3n) is 1.75. The zero-order valence-electron chi connectivity index (χ0n) is 8.88. The molecule has 1 fully saturated rings. The van der Waals surface area contributed by atoms with Gasteiger partial charge in [-0.25, -0.2) is 4.98 Å². The summed E-state index contributed by atoms with van der Waals surface area (Å²) in [5.74, 6) is 0.574. The van der Waals surface area contributed by atoms with E-state index in [-0.39, 0.29) is 0 Å². The van der Waals surface area contributed by atoms with E-state index in [1.165, 1.54) is 0 Å². The second kappa shape index (κ2) is 5.20. The second-order valence-corrected chi connectivity index (χ2v) is 3.52. The first-order chi connectivity index (χ1) is 6.75. The van der Waals surface area contributed by atoms with Crippen molar-refractivity contribution in [3.8, 4) is 5.88 Å². The smallest absolute Gasteiger partial charge is 0.232 e. The summed E-state index contributed by atoms with van der Waals surface area (Å²) in [5, 5.41) is 0.613. The third-order valence-corrected chi connectivity index (χ3v) is 2.02. The molecule has 0 unspecified atom stereocenters. The van der Waals surface area contributed by atoms with Gasteiger partial charge < -0.3 is 4.74 Å². The molecule has 0 aliphatic heterocycles. The van der Waals surface area contributed by atoms with E-state index in [2.05, 4.69) is 4.98 Å². The molecule has 2 nitrogen and oxygen atoms in total. The van der Waals surface area contributed by atoms with Gasteiger partial charge in [0.25, 0.3) is 0 Å². The summed E-state index contributed by atoms with van der Waals surface area (Å²) in [4.78, 5) is 4.10. The van der Waals surface area contributed by atoms with Gasteiger partial charge in [-0.3, -0.25) is 0 Å². The first-order valence-electron chi connectivity index (χ1n) is 5.04. The number of ether oxygens (including phenoxy) is 1. The molecule has 2 rings (SSSR count). The monoisotopic (exact) mass is 213 g/mol. The summed E-state index contributed by atoms with van der Waals surface area (Å²) >= 11 is 5.91. The minimum absolute atomic E-state index is 0.359. The van der Waals surface area contributed by atoms with Crippen molar-refractivity contribution in [3.63, 3.8) is 0 Å². The number of hydrogen-bond acceptors (Lipinski definition) is 2. The fourth-order valence-electron chi connectivity index (χ4n) is 0.951. The van der Waals surface area contributed by atoms with E-state index in [9.17, 15) is 0 Å². The van der Waals surface area contributed by atoms with Gasteiger partial charge in [-0.05, 0) is 31.4 Å². The molecule has 1 aromatic heterocycles. The molecular weight excluding hydrogens is 198 g/mol. The molecule has 14 heavy (non-hydrogen) atoms. The Morgan fingerprint density at radius 2 is 2.07 bits per heavy atom. The Bertz CT molecular complexity index is 297. The molecule has 0 bridgehead atoms. The standard InChI is InChI=1S/C9H10ClNO.C2H6/c1-6-4-8(10)9(11-5-6)12-7-2-3-7;1-2/h4-5,7H,2-3H2,1H3;1-2H3. The van der Waals surface area contributed by atoms with E-state index in [0.717, 1.165) is 18.4 Å². The Morgan fingerprint density at radius 1 is 1.43 bits per heavy atom. The average molecular weight is 214 g/mol. The predicted octanol–water partition coefficient (Wildman–Crippen LogP) is 3.61. The van der Waals surface area contributed by atoms with Crippen molar-refractivity contribution in [1.29, 1.82) is 0 Å². The van der Waals surface area contributed by atoms with Gasteiger partial charge in [0, 0.05) is 6.20 Å². The van der Waals surface area contributed by atoms with E-state index >= 15 is 0 Å². The lowest BCUT2D eigenvalue weighted by molar-refractivity contribution is 0.291. The van der Waals surface area contributed by atoms with Crippen LogP contribution in [0.5, 0.6) is 5.88 Å². The molecular formula is C11H16ClNO. The Labute approximate surface area is 90.3 Å². The van der Waals surface area contributed by atoms with E-state index in [0.29, 0.717) is 17.0 Å². The molecule has 0 atom stereocenters. The maximum Gasteiger partial charge on any atom is 0.232 e. The van der Waals surface area contributed by atoms with Crippen LogP contribution in [0.25, 0.3) is 0 Å². The van der Waals surface area contributed by atoms with Gasteiger partial charge in [0.05, 0.1) is 0 Å². The van der Waals surface area contributed by atoms with Crippen LogP contribution in [0, 0.1) is 6.92 Å². The van der Waals surface area contributed by atoms with Crippen molar-refractivity contribution in [2.45, 2.75) is 39.7 Å². The highest BCUT2D eigenvalue weighted by Crippen LogP contribution is 2.30. The lowest BCUT2D eigenvalue weighted by Gasteiger charge is -2.04. The first kappa shape index (κ1) is 11.3. The largest absolute Gasteiger partial charge is 0.473 e. The van der Waals surface area contributed by atoms with Gasteiger partial charge in [-0.1, -0.05) is 25.4 Å². The zero-order chi connectivity index (χ0) is 10.6. The highest BCUT2D eigenvalue weighted by molar-refractivity contribution is 6.31. The fraction of sp³-hybridized carbons (Fsp3) is 0.545. The van der Waals surface area contributed by atoms with Gasteiger partial charge in [-0.2, -0.15) is 0 Å². The molecule has 3 heteroatoms. The van der Waals surface area contributed by atoms with Crippen molar-refractivity contribution in [1.82, 2.24) is 4.98 Å². The minimum Gasteiger partial charge on any atom is -0.473 e. The molecule has 1 aliphatic carbocycles. The van der Waals surface area contributed by atoms with Crippen LogP contribution in [0.2, 0.25) is 5.02 Å². The van der Waals surface area contributed by atoms with Crippen LogP contribution in [-0.2, 0) is 0 Å². The first-order valence-corrected chi connectivity index (χ1v) is 5.42. The van der Waals surface area contributed by atoms with Crippen LogP contribution in [0.4, 0.5) is 0 Å². The molecule has 1 heterocycles. The SMILES string of the molecule is CC.Cc1cnc(OC2CC2)c(Cl)c1. The topological polar surface area (TPSA) is 22.1 Å².